The lowest BCUT2D eigenvalue weighted by Crippen LogP contribution is -2.25. The Balaban J connectivity index is 2.50. The molecule has 106 valence electrons. The zero-order chi connectivity index (χ0) is 14.5. The molecule has 20 heavy (non-hydrogen) atoms. The number of nitrogens with zero attached hydrogens (tertiary/aromatic N) is 3. The Morgan fingerprint density at radius 1 is 1.20 bits per heavy atom. The zero-order valence-electron chi connectivity index (χ0n) is 11.1. The van der Waals surface area contributed by atoms with Gasteiger partial charge in [0.1, 0.15) is 5.69 Å². The van der Waals surface area contributed by atoms with Crippen LogP contribution in [0, 0.1) is 0 Å². The van der Waals surface area contributed by atoms with Crippen molar-refractivity contribution in [2.45, 2.75) is 13.0 Å². The molecule has 0 radical (unpaired) electrons. The van der Waals surface area contributed by atoms with Gasteiger partial charge in [-0.2, -0.15) is 0 Å². The van der Waals surface area contributed by atoms with E-state index in [4.69, 9.17) is 27.9 Å². The van der Waals surface area contributed by atoms with Crippen molar-refractivity contribution in [3.8, 4) is 5.88 Å². The Labute approximate surface area is 127 Å². The fraction of sp³-hybridized carbons (Fsp3) is 0.308. The van der Waals surface area contributed by atoms with Gasteiger partial charge in [0.2, 0.25) is 5.88 Å². The highest BCUT2D eigenvalue weighted by atomic mass is 35.5. The van der Waals surface area contributed by atoms with Crippen molar-refractivity contribution < 1.29 is 4.74 Å². The van der Waals surface area contributed by atoms with Gasteiger partial charge in [-0.1, -0.05) is 30.1 Å². The van der Waals surface area contributed by atoms with Crippen LogP contribution in [0.3, 0.4) is 0 Å². The molecule has 0 aliphatic rings. The summed E-state index contributed by atoms with van der Waals surface area (Å²) in [5.74, 6) is 0.436. The average molecular weight is 313 g/mol. The number of hydrogen-bond acceptors (Lipinski definition) is 5. The van der Waals surface area contributed by atoms with E-state index in [9.17, 15) is 0 Å². The van der Waals surface area contributed by atoms with Crippen LogP contribution in [0.25, 0.3) is 0 Å². The van der Waals surface area contributed by atoms with Gasteiger partial charge in [-0.15, -0.1) is 0 Å². The first-order valence-corrected chi connectivity index (χ1v) is 6.82. The number of rotatable bonds is 5. The zero-order valence-corrected chi connectivity index (χ0v) is 12.6. The van der Waals surface area contributed by atoms with Crippen LogP contribution in [0.1, 0.15) is 24.4 Å². The summed E-state index contributed by atoms with van der Waals surface area (Å²) in [5, 5.41) is 4.23. The molecule has 0 aliphatic carbocycles. The van der Waals surface area contributed by atoms with Crippen molar-refractivity contribution in [3.63, 3.8) is 0 Å². The number of halogens is 2. The van der Waals surface area contributed by atoms with Crippen LogP contribution in [0.2, 0.25) is 10.0 Å². The minimum Gasteiger partial charge on any atom is -0.480 e. The van der Waals surface area contributed by atoms with Gasteiger partial charge in [0.15, 0.2) is 0 Å². The minimum atomic E-state index is -0.312. The molecule has 2 rings (SSSR count). The summed E-state index contributed by atoms with van der Waals surface area (Å²) in [4.78, 5) is 12.8. The molecule has 0 saturated heterocycles. The normalized spacial score (nSPS) is 12.2. The molecule has 0 aromatic carbocycles. The number of methoxy groups -OCH3 is 1. The van der Waals surface area contributed by atoms with E-state index >= 15 is 0 Å². The maximum atomic E-state index is 6.23. The lowest BCUT2D eigenvalue weighted by Gasteiger charge is -2.19. The first-order valence-electron chi connectivity index (χ1n) is 6.06. The maximum absolute atomic E-state index is 6.23. The van der Waals surface area contributed by atoms with Crippen LogP contribution < -0.4 is 10.1 Å². The molecule has 0 bridgehead atoms. The summed E-state index contributed by atoms with van der Waals surface area (Å²) in [7, 11) is 1.55. The van der Waals surface area contributed by atoms with E-state index in [0.717, 1.165) is 0 Å². The summed E-state index contributed by atoms with van der Waals surface area (Å²) in [5.41, 5.74) is 1.27. The molecule has 0 fully saturated rings. The van der Waals surface area contributed by atoms with E-state index < -0.39 is 0 Å². The molecule has 1 unspecified atom stereocenters. The van der Waals surface area contributed by atoms with Crippen LogP contribution >= 0.6 is 23.2 Å². The van der Waals surface area contributed by atoms with Gasteiger partial charge in [0.25, 0.3) is 0 Å². The topological polar surface area (TPSA) is 59.9 Å². The van der Waals surface area contributed by atoms with E-state index in [2.05, 4.69) is 20.3 Å². The fourth-order valence-corrected chi connectivity index (χ4v) is 2.35. The summed E-state index contributed by atoms with van der Waals surface area (Å²) in [6.45, 7) is 2.70. The Hall–Kier alpha value is -1.43. The van der Waals surface area contributed by atoms with Crippen LogP contribution in [-0.4, -0.2) is 28.6 Å². The Morgan fingerprint density at radius 3 is 2.60 bits per heavy atom. The van der Waals surface area contributed by atoms with Crippen molar-refractivity contribution >= 4 is 23.2 Å². The highest BCUT2D eigenvalue weighted by Gasteiger charge is 2.23. The summed E-state index contributed by atoms with van der Waals surface area (Å²) in [6, 6.07) is 1.34. The predicted octanol–water partition coefficient (Wildman–Crippen LogP) is 2.89. The average Bonchev–Trinajstić information content (AvgIpc) is 2.45. The third kappa shape index (κ3) is 3.17. The first-order chi connectivity index (χ1) is 9.67. The second kappa shape index (κ2) is 6.83. The Kier molecular flexibility index (Phi) is 5.11. The lowest BCUT2D eigenvalue weighted by molar-refractivity contribution is 0.382. The highest BCUT2D eigenvalue weighted by Crippen LogP contribution is 2.30. The standard InChI is InChI=1S/C13H14Cl2N4O/c1-3-16-11(10-9(15)6-8(14)7-19-10)12-13(20-2)18-5-4-17-12/h4-7,11,16H,3H2,1-2H3. The molecule has 2 heterocycles. The highest BCUT2D eigenvalue weighted by molar-refractivity contribution is 6.34. The first kappa shape index (κ1) is 15.0. The molecule has 0 amide bonds. The van der Waals surface area contributed by atoms with Crippen molar-refractivity contribution in [1.82, 2.24) is 20.3 Å². The molecule has 0 saturated carbocycles. The van der Waals surface area contributed by atoms with Gasteiger partial charge in [-0.3, -0.25) is 9.97 Å². The van der Waals surface area contributed by atoms with Crippen LogP contribution in [0.15, 0.2) is 24.7 Å². The van der Waals surface area contributed by atoms with Crippen molar-refractivity contribution in [2.24, 2.45) is 0 Å². The van der Waals surface area contributed by atoms with Gasteiger partial charge < -0.3 is 10.1 Å². The quantitative estimate of drug-likeness (QED) is 0.920. The van der Waals surface area contributed by atoms with Gasteiger partial charge in [0, 0.05) is 18.6 Å². The van der Waals surface area contributed by atoms with Crippen molar-refractivity contribution in [3.05, 3.63) is 46.1 Å². The molecular formula is C13H14Cl2N4O. The third-order valence-corrected chi connectivity index (χ3v) is 3.19. The molecule has 0 spiro atoms. The Bertz CT molecular complexity index is 594. The predicted molar refractivity (Wildman–Crippen MR) is 78.4 cm³/mol. The van der Waals surface area contributed by atoms with E-state index in [-0.39, 0.29) is 6.04 Å². The van der Waals surface area contributed by atoms with Crippen LogP contribution in [0.4, 0.5) is 0 Å². The second-order valence-electron chi connectivity index (χ2n) is 3.96. The van der Waals surface area contributed by atoms with Crippen molar-refractivity contribution in [2.75, 3.05) is 13.7 Å². The molecule has 2 aromatic heterocycles. The molecule has 0 aliphatic heterocycles. The Morgan fingerprint density at radius 2 is 1.95 bits per heavy atom. The molecule has 7 heteroatoms. The maximum Gasteiger partial charge on any atom is 0.237 e. The van der Waals surface area contributed by atoms with E-state index in [1.807, 2.05) is 6.92 Å². The largest absolute Gasteiger partial charge is 0.480 e. The monoisotopic (exact) mass is 312 g/mol. The van der Waals surface area contributed by atoms with Gasteiger partial charge >= 0.3 is 0 Å². The van der Waals surface area contributed by atoms with Crippen LogP contribution in [0.5, 0.6) is 5.88 Å². The molecule has 1 N–H and O–H groups in total. The number of nitrogens with one attached hydrogen (secondary N) is 1. The summed E-state index contributed by atoms with van der Waals surface area (Å²) in [6.07, 6.45) is 4.73. The SMILES string of the molecule is CCNC(c1ncc(Cl)cc1Cl)c1nccnc1OC. The minimum absolute atomic E-state index is 0.312. The smallest absolute Gasteiger partial charge is 0.237 e. The summed E-state index contributed by atoms with van der Waals surface area (Å²) >= 11 is 12.1. The number of hydrogen-bond donors (Lipinski definition) is 1. The molecule has 1 atom stereocenters. The van der Waals surface area contributed by atoms with Gasteiger partial charge in [-0.05, 0) is 12.6 Å². The summed E-state index contributed by atoms with van der Waals surface area (Å²) < 4.78 is 5.25. The number of aromatic nitrogens is 3. The van der Waals surface area contributed by atoms with E-state index in [1.165, 1.54) is 0 Å². The molecule has 2 aromatic rings. The molecular weight excluding hydrogens is 299 g/mol. The number of pyridine rings is 1. The molecule has 5 nitrogen and oxygen atoms in total. The lowest BCUT2D eigenvalue weighted by atomic mass is 10.1. The van der Waals surface area contributed by atoms with E-state index in [1.54, 1.807) is 31.8 Å². The van der Waals surface area contributed by atoms with Gasteiger partial charge in [0.05, 0.1) is 28.9 Å². The van der Waals surface area contributed by atoms with E-state index in [0.29, 0.717) is 33.9 Å². The third-order valence-electron chi connectivity index (χ3n) is 2.68. The van der Waals surface area contributed by atoms with Crippen molar-refractivity contribution in [1.29, 1.82) is 0 Å². The number of ether oxygens (including phenoxy) is 1. The fourth-order valence-electron chi connectivity index (χ4n) is 1.86. The van der Waals surface area contributed by atoms with Crippen LogP contribution in [-0.2, 0) is 0 Å². The van der Waals surface area contributed by atoms with Gasteiger partial charge in [-0.25, -0.2) is 4.98 Å². The second-order valence-corrected chi connectivity index (χ2v) is 4.81.